The van der Waals surface area contributed by atoms with Gasteiger partial charge in [-0.25, -0.2) is 9.97 Å². The molecule has 19 heavy (non-hydrogen) atoms. The fourth-order valence-corrected chi connectivity index (χ4v) is 2.51. The second kappa shape index (κ2) is 5.59. The summed E-state index contributed by atoms with van der Waals surface area (Å²) in [6, 6.07) is 1.87. The first-order valence-electron chi connectivity index (χ1n) is 6.36. The number of rotatable bonds is 2. The van der Waals surface area contributed by atoms with Crippen molar-refractivity contribution in [1.29, 1.82) is 0 Å². The van der Waals surface area contributed by atoms with Gasteiger partial charge in [0.1, 0.15) is 5.82 Å². The quantitative estimate of drug-likeness (QED) is 0.825. The molecule has 4 nitrogen and oxygen atoms in total. The third-order valence-electron chi connectivity index (χ3n) is 3.32. The van der Waals surface area contributed by atoms with Crippen LogP contribution in [0.2, 0.25) is 0 Å². The van der Waals surface area contributed by atoms with Crippen molar-refractivity contribution >= 4 is 5.91 Å². The number of carbonyl (C=O) groups excluding carboxylic acids is 1. The molecule has 2 heterocycles. The minimum Gasteiger partial charge on any atom is -0.337 e. The maximum Gasteiger partial charge on any atom is 0.315 e. The van der Waals surface area contributed by atoms with Crippen molar-refractivity contribution in [1.82, 2.24) is 14.9 Å². The van der Waals surface area contributed by atoms with Gasteiger partial charge in [-0.2, -0.15) is 8.78 Å². The normalized spacial score (nSPS) is 19.8. The second-order valence-corrected chi connectivity index (χ2v) is 4.91. The van der Waals surface area contributed by atoms with Crippen LogP contribution >= 0.6 is 0 Å². The number of halogens is 2. The standard InChI is InChI=1S/C13H17F2N3O/c1-8-6-11(17-9(2)16-8)10-4-3-5-18(7-10)13(19)12(14)15/h6,10,12H,3-5,7H2,1-2H3. The maximum absolute atomic E-state index is 12.5. The average molecular weight is 269 g/mol. The summed E-state index contributed by atoms with van der Waals surface area (Å²) in [5, 5.41) is 0. The van der Waals surface area contributed by atoms with E-state index in [-0.39, 0.29) is 5.92 Å². The van der Waals surface area contributed by atoms with Gasteiger partial charge in [-0.05, 0) is 32.8 Å². The summed E-state index contributed by atoms with van der Waals surface area (Å²) in [6.45, 7) is 4.41. The number of aromatic nitrogens is 2. The summed E-state index contributed by atoms with van der Waals surface area (Å²) in [6.07, 6.45) is -1.33. The molecular weight excluding hydrogens is 252 g/mol. The molecule has 0 saturated carbocycles. The van der Waals surface area contributed by atoms with Crippen LogP contribution in [0, 0.1) is 13.8 Å². The highest BCUT2D eigenvalue weighted by Gasteiger charge is 2.30. The SMILES string of the molecule is Cc1cc(C2CCCN(C(=O)C(F)F)C2)nc(C)n1. The van der Waals surface area contributed by atoms with E-state index in [2.05, 4.69) is 9.97 Å². The van der Waals surface area contributed by atoms with E-state index in [0.29, 0.717) is 18.9 Å². The van der Waals surface area contributed by atoms with E-state index < -0.39 is 12.3 Å². The molecule has 1 aliphatic heterocycles. The largest absolute Gasteiger partial charge is 0.337 e. The first kappa shape index (κ1) is 13.8. The minimum atomic E-state index is -2.92. The molecular formula is C13H17F2N3O. The van der Waals surface area contributed by atoms with Gasteiger partial charge in [-0.3, -0.25) is 4.79 Å². The first-order valence-corrected chi connectivity index (χ1v) is 6.36. The third kappa shape index (κ3) is 3.24. The Kier molecular flexibility index (Phi) is 4.07. The van der Waals surface area contributed by atoms with Crippen molar-refractivity contribution in [3.63, 3.8) is 0 Å². The highest BCUT2D eigenvalue weighted by atomic mass is 19.3. The van der Waals surface area contributed by atoms with E-state index in [1.807, 2.05) is 13.0 Å². The number of piperidine rings is 1. The fourth-order valence-electron chi connectivity index (χ4n) is 2.51. The molecule has 104 valence electrons. The van der Waals surface area contributed by atoms with E-state index in [1.165, 1.54) is 4.90 Å². The van der Waals surface area contributed by atoms with Crippen molar-refractivity contribution in [2.24, 2.45) is 0 Å². The Morgan fingerprint density at radius 2 is 2.16 bits per heavy atom. The molecule has 0 aromatic carbocycles. The van der Waals surface area contributed by atoms with Gasteiger partial charge in [0.25, 0.3) is 5.91 Å². The summed E-state index contributed by atoms with van der Waals surface area (Å²) in [4.78, 5) is 21.2. The third-order valence-corrected chi connectivity index (χ3v) is 3.32. The fraction of sp³-hybridized carbons (Fsp3) is 0.615. The van der Waals surface area contributed by atoms with Crippen LogP contribution in [0.1, 0.15) is 36.0 Å². The van der Waals surface area contributed by atoms with E-state index in [9.17, 15) is 13.6 Å². The van der Waals surface area contributed by atoms with Crippen LogP contribution in [0.15, 0.2) is 6.07 Å². The van der Waals surface area contributed by atoms with Crippen molar-refractivity contribution < 1.29 is 13.6 Å². The first-order chi connectivity index (χ1) is 8.97. The molecule has 0 radical (unpaired) electrons. The summed E-state index contributed by atoms with van der Waals surface area (Å²) >= 11 is 0. The zero-order valence-corrected chi connectivity index (χ0v) is 11.1. The summed E-state index contributed by atoms with van der Waals surface area (Å²) in [7, 11) is 0. The highest BCUT2D eigenvalue weighted by Crippen LogP contribution is 2.26. The Labute approximate surface area is 110 Å². The molecule has 1 saturated heterocycles. The molecule has 1 unspecified atom stereocenters. The van der Waals surface area contributed by atoms with Gasteiger partial charge in [-0.15, -0.1) is 0 Å². The maximum atomic E-state index is 12.5. The van der Waals surface area contributed by atoms with Crippen LogP contribution in [-0.4, -0.2) is 40.3 Å². The van der Waals surface area contributed by atoms with Crippen LogP contribution in [0.5, 0.6) is 0 Å². The summed E-state index contributed by atoms with van der Waals surface area (Å²) in [5.74, 6) is -0.378. The molecule has 1 fully saturated rings. The van der Waals surface area contributed by atoms with Gasteiger partial charge in [0.2, 0.25) is 0 Å². The number of carbonyl (C=O) groups is 1. The van der Waals surface area contributed by atoms with Crippen LogP contribution < -0.4 is 0 Å². The lowest BCUT2D eigenvalue weighted by molar-refractivity contribution is -0.144. The molecule has 0 spiro atoms. The van der Waals surface area contributed by atoms with Gasteiger partial charge in [0, 0.05) is 30.4 Å². The van der Waals surface area contributed by atoms with Crippen LogP contribution in [0.25, 0.3) is 0 Å². The zero-order valence-electron chi connectivity index (χ0n) is 11.1. The molecule has 1 aromatic heterocycles. The predicted octanol–water partition coefficient (Wildman–Crippen LogP) is 2.06. The van der Waals surface area contributed by atoms with Crippen molar-refractivity contribution in [3.8, 4) is 0 Å². The van der Waals surface area contributed by atoms with E-state index in [1.54, 1.807) is 6.92 Å². The Bertz CT molecular complexity index is 459. The molecule has 6 heteroatoms. The number of likely N-dealkylation sites (tertiary alicyclic amines) is 1. The Morgan fingerprint density at radius 1 is 1.42 bits per heavy atom. The smallest absolute Gasteiger partial charge is 0.315 e. The Balaban J connectivity index is 2.14. The van der Waals surface area contributed by atoms with Crippen LogP contribution in [0.4, 0.5) is 8.78 Å². The van der Waals surface area contributed by atoms with Crippen LogP contribution in [-0.2, 0) is 4.79 Å². The topological polar surface area (TPSA) is 46.1 Å². The van der Waals surface area contributed by atoms with Crippen LogP contribution in [0.3, 0.4) is 0 Å². The van der Waals surface area contributed by atoms with Crippen molar-refractivity contribution in [2.45, 2.75) is 39.0 Å². The zero-order chi connectivity index (χ0) is 14.0. The Morgan fingerprint density at radius 3 is 2.79 bits per heavy atom. The average Bonchev–Trinajstić information content (AvgIpc) is 2.36. The summed E-state index contributed by atoms with van der Waals surface area (Å²) < 4.78 is 24.9. The lowest BCUT2D eigenvalue weighted by atomic mass is 9.94. The molecule has 1 aliphatic rings. The van der Waals surface area contributed by atoms with E-state index in [4.69, 9.17) is 0 Å². The molecule has 1 aromatic rings. The predicted molar refractivity (Wildman–Crippen MR) is 66.1 cm³/mol. The number of alkyl halides is 2. The second-order valence-electron chi connectivity index (χ2n) is 4.91. The van der Waals surface area contributed by atoms with E-state index >= 15 is 0 Å². The molecule has 1 atom stereocenters. The van der Waals surface area contributed by atoms with Crippen molar-refractivity contribution in [3.05, 3.63) is 23.3 Å². The molecule has 0 aliphatic carbocycles. The Hall–Kier alpha value is -1.59. The van der Waals surface area contributed by atoms with Gasteiger partial charge in [0.15, 0.2) is 0 Å². The highest BCUT2D eigenvalue weighted by molar-refractivity contribution is 5.79. The molecule has 0 N–H and O–H groups in total. The number of hydrogen-bond acceptors (Lipinski definition) is 3. The number of nitrogens with zero attached hydrogens (tertiary/aromatic N) is 3. The molecule has 2 rings (SSSR count). The van der Waals surface area contributed by atoms with Gasteiger partial charge in [-0.1, -0.05) is 0 Å². The van der Waals surface area contributed by atoms with E-state index in [0.717, 1.165) is 24.2 Å². The summed E-state index contributed by atoms with van der Waals surface area (Å²) in [5.41, 5.74) is 1.71. The lowest BCUT2D eigenvalue weighted by Gasteiger charge is -2.32. The van der Waals surface area contributed by atoms with Gasteiger partial charge in [0.05, 0.1) is 0 Å². The van der Waals surface area contributed by atoms with Gasteiger partial charge < -0.3 is 4.90 Å². The van der Waals surface area contributed by atoms with Gasteiger partial charge >= 0.3 is 6.43 Å². The molecule has 0 bridgehead atoms. The number of aryl methyl sites for hydroxylation is 2. The van der Waals surface area contributed by atoms with Crippen molar-refractivity contribution in [2.75, 3.05) is 13.1 Å². The minimum absolute atomic E-state index is 0.0249. The number of amides is 1. The lowest BCUT2D eigenvalue weighted by Crippen LogP contribution is -2.42. The monoisotopic (exact) mass is 269 g/mol. The number of hydrogen-bond donors (Lipinski definition) is 0. The molecule has 1 amide bonds.